The number of hydrogen-bond acceptors (Lipinski definition) is 10. The van der Waals surface area contributed by atoms with Gasteiger partial charge in [-0.1, -0.05) is 41.3 Å². The van der Waals surface area contributed by atoms with E-state index >= 15 is 0 Å². The van der Waals surface area contributed by atoms with Gasteiger partial charge in [-0.3, -0.25) is 23.7 Å². The lowest BCUT2D eigenvalue weighted by Crippen LogP contribution is -2.43. The molecular formula is C30H29N3O8S2. The zero-order valence-electron chi connectivity index (χ0n) is 23.5. The highest BCUT2D eigenvalue weighted by atomic mass is 32.2. The van der Waals surface area contributed by atoms with Crippen LogP contribution >= 0.6 is 23.1 Å². The van der Waals surface area contributed by atoms with E-state index in [1.807, 2.05) is 18.2 Å². The molecule has 6 rings (SSSR count). The van der Waals surface area contributed by atoms with E-state index in [-0.39, 0.29) is 23.9 Å². The van der Waals surface area contributed by atoms with Crippen molar-refractivity contribution in [3.63, 3.8) is 0 Å². The molecule has 0 radical (unpaired) electrons. The smallest absolute Gasteiger partial charge is 0.338 e. The number of carbonyl (C=O) groups is 4. The van der Waals surface area contributed by atoms with Crippen LogP contribution < -0.4 is 14.5 Å². The van der Waals surface area contributed by atoms with Crippen molar-refractivity contribution in [1.29, 1.82) is 0 Å². The van der Waals surface area contributed by atoms with Gasteiger partial charge in [0, 0.05) is 29.4 Å². The number of imide groups is 1. The topological polar surface area (TPSA) is 124 Å². The van der Waals surface area contributed by atoms with Crippen LogP contribution in [0.5, 0.6) is 5.75 Å². The second-order valence-electron chi connectivity index (χ2n) is 10.2. The lowest BCUT2D eigenvalue weighted by atomic mass is 9.82. The van der Waals surface area contributed by atoms with E-state index < -0.39 is 34.9 Å². The third-order valence-corrected chi connectivity index (χ3v) is 10.4. The Bertz CT molecular complexity index is 1640. The molecule has 3 atom stereocenters. The molecule has 43 heavy (non-hydrogen) atoms. The summed E-state index contributed by atoms with van der Waals surface area (Å²) in [5.41, 5.74) is 1.31. The SMILES string of the molecule is CCOC(=O)c1ccc(N2C(=O)C3Sc4c(sc(=O)n4CC(=O)N4CCOCC4)[C@H](c4ccccc4OC)C3C2=O)cc1. The van der Waals surface area contributed by atoms with Crippen LogP contribution in [0.2, 0.25) is 0 Å². The third-order valence-electron chi connectivity index (χ3n) is 7.82. The van der Waals surface area contributed by atoms with E-state index in [4.69, 9.17) is 14.2 Å². The van der Waals surface area contributed by atoms with Crippen molar-refractivity contribution in [3.05, 3.63) is 74.2 Å². The van der Waals surface area contributed by atoms with Gasteiger partial charge in [0.15, 0.2) is 0 Å². The molecule has 2 fully saturated rings. The van der Waals surface area contributed by atoms with E-state index in [0.717, 1.165) is 28.0 Å². The van der Waals surface area contributed by atoms with E-state index in [9.17, 15) is 24.0 Å². The molecule has 0 N–H and O–H groups in total. The van der Waals surface area contributed by atoms with Gasteiger partial charge in [0.1, 0.15) is 17.5 Å². The number of ether oxygens (including phenoxy) is 3. The van der Waals surface area contributed by atoms with E-state index in [2.05, 4.69) is 0 Å². The van der Waals surface area contributed by atoms with Gasteiger partial charge in [0.05, 0.1) is 49.1 Å². The van der Waals surface area contributed by atoms with Crippen LogP contribution in [0.4, 0.5) is 5.69 Å². The molecule has 0 bridgehead atoms. The summed E-state index contributed by atoms with van der Waals surface area (Å²) in [4.78, 5) is 70.0. The predicted molar refractivity (Wildman–Crippen MR) is 159 cm³/mol. The van der Waals surface area contributed by atoms with E-state index in [1.54, 1.807) is 30.0 Å². The molecule has 2 aromatic carbocycles. The molecule has 13 heteroatoms. The number of aromatic nitrogens is 1. The number of thioether (sulfide) groups is 1. The minimum absolute atomic E-state index is 0.172. The number of methoxy groups -OCH3 is 1. The van der Waals surface area contributed by atoms with Crippen LogP contribution in [0.1, 0.15) is 33.6 Å². The van der Waals surface area contributed by atoms with Crippen molar-refractivity contribution in [2.45, 2.75) is 29.7 Å². The molecule has 2 saturated heterocycles. The number of rotatable bonds is 7. The lowest BCUT2D eigenvalue weighted by Gasteiger charge is -2.32. The first kappa shape index (κ1) is 29.1. The first-order valence-corrected chi connectivity index (χ1v) is 15.6. The maximum Gasteiger partial charge on any atom is 0.338 e. The Morgan fingerprint density at radius 3 is 2.42 bits per heavy atom. The van der Waals surface area contributed by atoms with Crippen LogP contribution in [-0.4, -0.2) is 78.4 Å². The van der Waals surface area contributed by atoms with Gasteiger partial charge in [0.2, 0.25) is 17.7 Å². The first-order valence-electron chi connectivity index (χ1n) is 13.9. The van der Waals surface area contributed by atoms with Crippen LogP contribution in [0.15, 0.2) is 58.4 Å². The average molecular weight is 624 g/mol. The zero-order chi connectivity index (χ0) is 30.2. The molecule has 3 aliphatic heterocycles. The number of esters is 1. The number of anilines is 1. The Morgan fingerprint density at radius 1 is 1.00 bits per heavy atom. The number of thiazole rings is 1. The summed E-state index contributed by atoms with van der Waals surface area (Å²) < 4.78 is 17.5. The molecule has 2 unspecified atom stereocenters. The zero-order valence-corrected chi connectivity index (χ0v) is 25.2. The quantitative estimate of drug-likeness (QED) is 0.289. The van der Waals surface area contributed by atoms with E-state index in [0.29, 0.717) is 58.8 Å². The summed E-state index contributed by atoms with van der Waals surface area (Å²) in [5.74, 6) is -2.51. The monoisotopic (exact) mass is 623 g/mol. The maximum atomic E-state index is 14.1. The number of fused-ring (bicyclic) bond motifs is 2. The number of benzene rings is 2. The van der Waals surface area contributed by atoms with Crippen molar-refractivity contribution in [1.82, 2.24) is 9.47 Å². The summed E-state index contributed by atoms with van der Waals surface area (Å²) in [6.45, 7) is 3.52. The molecule has 1 aromatic heterocycles. The van der Waals surface area contributed by atoms with Crippen molar-refractivity contribution >= 4 is 52.5 Å². The summed E-state index contributed by atoms with van der Waals surface area (Å²) >= 11 is 2.14. The highest BCUT2D eigenvalue weighted by Crippen LogP contribution is 2.55. The fourth-order valence-corrected chi connectivity index (χ4v) is 8.54. The number of amides is 3. The molecule has 11 nitrogen and oxygen atoms in total. The summed E-state index contributed by atoms with van der Waals surface area (Å²) in [5, 5.41) is -0.340. The number of carbonyl (C=O) groups excluding carboxylic acids is 4. The second-order valence-corrected chi connectivity index (χ2v) is 12.3. The molecule has 3 aromatic rings. The van der Waals surface area contributed by atoms with Crippen molar-refractivity contribution in [3.8, 4) is 5.75 Å². The molecule has 3 aliphatic rings. The summed E-state index contributed by atoms with van der Waals surface area (Å²) in [6.07, 6.45) is 0. The van der Waals surface area contributed by atoms with Gasteiger partial charge >= 0.3 is 10.8 Å². The molecule has 3 amide bonds. The highest BCUT2D eigenvalue weighted by Gasteiger charge is 2.57. The second kappa shape index (κ2) is 12.0. The minimum Gasteiger partial charge on any atom is -0.496 e. The van der Waals surface area contributed by atoms with Crippen LogP contribution in [-0.2, 0) is 30.4 Å². The van der Waals surface area contributed by atoms with Crippen LogP contribution in [0, 0.1) is 5.92 Å². The number of para-hydroxylation sites is 1. The third kappa shape index (κ3) is 5.15. The first-order chi connectivity index (χ1) is 20.8. The Labute approximate surface area is 255 Å². The van der Waals surface area contributed by atoms with Gasteiger partial charge in [0.25, 0.3) is 0 Å². The Balaban J connectivity index is 1.41. The lowest BCUT2D eigenvalue weighted by molar-refractivity contribution is -0.136. The predicted octanol–water partition coefficient (Wildman–Crippen LogP) is 2.75. The maximum absolute atomic E-state index is 14.1. The largest absolute Gasteiger partial charge is 0.496 e. The number of hydrogen-bond donors (Lipinski definition) is 0. The molecule has 224 valence electrons. The molecular weight excluding hydrogens is 594 g/mol. The van der Waals surface area contributed by atoms with Crippen molar-refractivity contribution in [2.75, 3.05) is 44.9 Å². The van der Waals surface area contributed by atoms with Gasteiger partial charge < -0.3 is 19.1 Å². The normalized spacial score (nSPS) is 21.4. The van der Waals surface area contributed by atoms with E-state index in [1.165, 1.54) is 23.8 Å². The van der Waals surface area contributed by atoms with Crippen molar-refractivity contribution in [2.24, 2.45) is 5.92 Å². The fraction of sp³-hybridized carbons (Fsp3) is 0.367. The van der Waals surface area contributed by atoms with Crippen LogP contribution in [0.25, 0.3) is 0 Å². The summed E-state index contributed by atoms with van der Waals surface area (Å²) in [7, 11) is 1.53. The number of morpholine rings is 1. The van der Waals surface area contributed by atoms with Gasteiger partial charge in [-0.05, 0) is 37.3 Å². The Morgan fingerprint density at radius 2 is 1.72 bits per heavy atom. The van der Waals surface area contributed by atoms with Crippen LogP contribution in [0.3, 0.4) is 0 Å². The standard InChI is InChI=1S/C30H29N3O8S2/c1-3-41-29(37)17-8-10-18(11-9-17)33-26(35)23-22(19-6-4-5-7-20(19)39-2)25-28(42-24(23)27(33)36)32(30(38)43-25)16-21(34)31-12-14-40-15-13-31/h4-11,22-24H,3,12-16H2,1-2H3/t22-,23?,24?/m1/s1. The van der Waals surface area contributed by atoms with Gasteiger partial charge in [-0.2, -0.15) is 0 Å². The minimum atomic E-state index is -0.849. The number of nitrogens with zero attached hydrogens (tertiary/aromatic N) is 3. The Kier molecular flexibility index (Phi) is 8.12. The highest BCUT2D eigenvalue weighted by molar-refractivity contribution is 8.00. The fourth-order valence-electron chi connectivity index (χ4n) is 5.78. The average Bonchev–Trinajstić information content (AvgIpc) is 3.47. The molecule has 0 spiro atoms. The van der Waals surface area contributed by atoms with Crippen molar-refractivity contribution < 1.29 is 33.4 Å². The molecule has 0 saturated carbocycles. The van der Waals surface area contributed by atoms with Gasteiger partial charge in [-0.15, -0.1) is 0 Å². The molecule has 0 aliphatic carbocycles. The molecule has 4 heterocycles. The Hall–Kier alpha value is -3.94. The van der Waals surface area contributed by atoms with Gasteiger partial charge in [-0.25, -0.2) is 9.69 Å². The summed E-state index contributed by atoms with van der Waals surface area (Å²) in [6, 6.07) is 13.4.